The Bertz CT molecular complexity index is 1320. The van der Waals surface area contributed by atoms with Gasteiger partial charge in [-0.3, -0.25) is 9.79 Å². The van der Waals surface area contributed by atoms with Crippen molar-refractivity contribution in [2.45, 2.75) is 27.2 Å². The first kappa shape index (κ1) is 24.0. The van der Waals surface area contributed by atoms with Crippen LogP contribution in [0.1, 0.15) is 28.7 Å². The molecule has 1 aliphatic rings. The van der Waals surface area contributed by atoms with Crippen molar-refractivity contribution in [1.82, 2.24) is 0 Å². The number of rotatable bonds is 5. The standard InChI is InChI=1S/C27H26ClN3O2S/c1-16-11-24-25(12-17(16)2)31-27(14-23(29-24)19-7-5-8-20(13-19)33-4)34-15-26(32)30-22-10-6-9-21(28)18(22)3/h5-13H,14-15H2,1-4H3,(H,30,32). The summed E-state index contributed by atoms with van der Waals surface area (Å²) in [5.74, 6) is 0.894. The molecule has 1 heterocycles. The fourth-order valence-electron chi connectivity index (χ4n) is 3.60. The van der Waals surface area contributed by atoms with Gasteiger partial charge in [-0.1, -0.05) is 29.8 Å². The van der Waals surface area contributed by atoms with Crippen molar-refractivity contribution >= 4 is 57.1 Å². The number of thioether (sulfide) groups is 1. The Labute approximate surface area is 209 Å². The van der Waals surface area contributed by atoms with Gasteiger partial charge in [0.05, 0.1) is 35.0 Å². The van der Waals surface area contributed by atoms with E-state index in [0.717, 1.165) is 55.8 Å². The quantitative estimate of drug-likeness (QED) is 0.410. The molecule has 0 aromatic heterocycles. The number of benzene rings is 3. The number of nitrogens with one attached hydrogen (secondary N) is 1. The van der Waals surface area contributed by atoms with Crippen LogP contribution in [0.5, 0.6) is 5.75 Å². The zero-order valence-corrected chi connectivity index (χ0v) is 21.2. The molecule has 0 atom stereocenters. The van der Waals surface area contributed by atoms with Crippen LogP contribution in [0.15, 0.2) is 64.6 Å². The van der Waals surface area contributed by atoms with Gasteiger partial charge in [0.2, 0.25) is 5.91 Å². The van der Waals surface area contributed by atoms with Gasteiger partial charge in [0, 0.05) is 22.7 Å². The van der Waals surface area contributed by atoms with Gasteiger partial charge in [-0.05, 0) is 73.9 Å². The number of aryl methyl sites for hydroxylation is 2. The van der Waals surface area contributed by atoms with Crippen LogP contribution in [0.25, 0.3) is 0 Å². The van der Waals surface area contributed by atoms with E-state index in [2.05, 4.69) is 31.3 Å². The lowest BCUT2D eigenvalue weighted by Gasteiger charge is -2.11. The van der Waals surface area contributed by atoms with Gasteiger partial charge in [0.15, 0.2) is 0 Å². The molecule has 1 N–H and O–H groups in total. The van der Waals surface area contributed by atoms with Crippen molar-refractivity contribution in [3.05, 3.63) is 81.9 Å². The van der Waals surface area contributed by atoms with Crippen LogP contribution in [-0.4, -0.2) is 29.5 Å². The predicted molar refractivity (Wildman–Crippen MR) is 144 cm³/mol. The molecular formula is C27H26ClN3O2S. The van der Waals surface area contributed by atoms with Crippen molar-refractivity contribution in [1.29, 1.82) is 0 Å². The molecule has 3 aromatic rings. The number of ether oxygens (including phenoxy) is 1. The number of nitrogens with zero attached hydrogens (tertiary/aromatic N) is 2. The highest BCUT2D eigenvalue weighted by Gasteiger charge is 2.18. The monoisotopic (exact) mass is 491 g/mol. The third-order valence-electron chi connectivity index (χ3n) is 5.72. The van der Waals surface area contributed by atoms with Gasteiger partial charge in [0.25, 0.3) is 0 Å². The molecule has 0 saturated heterocycles. The summed E-state index contributed by atoms with van der Waals surface area (Å²) in [6.45, 7) is 6.03. The fraction of sp³-hybridized carbons (Fsp3) is 0.222. The highest BCUT2D eigenvalue weighted by Crippen LogP contribution is 2.36. The van der Waals surface area contributed by atoms with Gasteiger partial charge in [0.1, 0.15) is 5.75 Å². The van der Waals surface area contributed by atoms with E-state index < -0.39 is 0 Å². The molecule has 0 unspecified atom stereocenters. The largest absolute Gasteiger partial charge is 0.497 e. The second-order valence-corrected chi connectivity index (χ2v) is 9.60. The Morgan fingerprint density at radius 2 is 1.74 bits per heavy atom. The molecule has 0 bridgehead atoms. The average molecular weight is 492 g/mol. The van der Waals surface area contributed by atoms with Crippen molar-refractivity contribution < 1.29 is 9.53 Å². The normalized spacial score (nSPS) is 12.9. The van der Waals surface area contributed by atoms with E-state index >= 15 is 0 Å². The van der Waals surface area contributed by atoms with Gasteiger partial charge in [-0.15, -0.1) is 11.8 Å². The first-order valence-electron chi connectivity index (χ1n) is 10.9. The van der Waals surface area contributed by atoms with Crippen LogP contribution in [0.3, 0.4) is 0 Å². The van der Waals surface area contributed by atoms with Crippen LogP contribution in [0, 0.1) is 20.8 Å². The topological polar surface area (TPSA) is 63.1 Å². The molecular weight excluding hydrogens is 466 g/mol. The molecule has 0 fully saturated rings. The maximum atomic E-state index is 12.7. The number of fused-ring (bicyclic) bond motifs is 1. The van der Waals surface area contributed by atoms with Gasteiger partial charge >= 0.3 is 0 Å². The van der Waals surface area contributed by atoms with Gasteiger partial charge < -0.3 is 10.1 Å². The first-order valence-corrected chi connectivity index (χ1v) is 12.3. The zero-order valence-electron chi connectivity index (χ0n) is 19.6. The summed E-state index contributed by atoms with van der Waals surface area (Å²) < 4.78 is 5.41. The molecule has 3 aromatic carbocycles. The van der Waals surface area contributed by atoms with Crippen molar-refractivity contribution in [2.24, 2.45) is 9.98 Å². The Balaban J connectivity index is 1.60. The van der Waals surface area contributed by atoms with Crippen LogP contribution < -0.4 is 10.1 Å². The number of methoxy groups -OCH3 is 1. The van der Waals surface area contributed by atoms with E-state index in [-0.39, 0.29) is 11.7 Å². The molecule has 0 aliphatic carbocycles. The highest BCUT2D eigenvalue weighted by atomic mass is 35.5. The molecule has 4 rings (SSSR count). The second-order valence-electron chi connectivity index (χ2n) is 8.15. The summed E-state index contributed by atoms with van der Waals surface area (Å²) >= 11 is 7.61. The van der Waals surface area contributed by atoms with Crippen LogP contribution >= 0.6 is 23.4 Å². The number of halogens is 1. The summed E-state index contributed by atoms with van der Waals surface area (Å²) in [7, 11) is 1.65. The fourth-order valence-corrected chi connectivity index (χ4v) is 4.54. The highest BCUT2D eigenvalue weighted by molar-refractivity contribution is 8.14. The number of carbonyl (C=O) groups is 1. The molecule has 0 spiro atoms. The number of carbonyl (C=O) groups excluding carboxylic acids is 1. The lowest BCUT2D eigenvalue weighted by molar-refractivity contribution is -0.113. The van der Waals surface area contributed by atoms with E-state index in [1.807, 2.05) is 49.4 Å². The minimum atomic E-state index is -0.109. The second kappa shape index (κ2) is 10.5. The maximum Gasteiger partial charge on any atom is 0.234 e. The number of aliphatic imine (C=N–C) groups is 2. The Morgan fingerprint density at radius 3 is 2.47 bits per heavy atom. The molecule has 1 amide bonds. The molecule has 0 saturated carbocycles. The van der Waals surface area contributed by atoms with Gasteiger partial charge in [-0.2, -0.15) is 0 Å². The lowest BCUT2D eigenvalue weighted by Crippen LogP contribution is -2.17. The number of anilines is 1. The SMILES string of the molecule is COc1cccc(C2=Nc3cc(C)c(C)cc3N=C(SCC(=O)Nc3cccc(Cl)c3C)C2)c1. The predicted octanol–water partition coefficient (Wildman–Crippen LogP) is 7.20. The Morgan fingerprint density at radius 1 is 1.03 bits per heavy atom. The van der Waals surface area contributed by atoms with Crippen molar-refractivity contribution in [3.63, 3.8) is 0 Å². The zero-order chi connectivity index (χ0) is 24.2. The Kier molecular flexibility index (Phi) is 7.39. The summed E-state index contributed by atoms with van der Waals surface area (Å²) in [5.41, 5.74) is 7.38. The van der Waals surface area contributed by atoms with Crippen molar-refractivity contribution in [2.75, 3.05) is 18.2 Å². The molecule has 34 heavy (non-hydrogen) atoms. The summed E-state index contributed by atoms with van der Waals surface area (Å²) in [6.07, 6.45) is 0.522. The summed E-state index contributed by atoms with van der Waals surface area (Å²) in [5, 5.41) is 4.41. The molecule has 7 heteroatoms. The van der Waals surface area contributed by atoms with Crippen molar-refractivity contribution in [3.8, 4) is 5.75 Å². The Hall–Kier alpha value is -3.09. The van der Waals surface area contributed by atoms with Crippen LogP contribution in [0.2, 0.25) is 5.02 Å². The minimum Gasteiger partial charge on any atom is -0.497 e. The summed E-state index contributed by atoms with van der Waals surface area (Å²) in [6, 6.07) is 17.5. The summed E-state index contributed by atoms with van der Waals surface area (Å²) in [4.78, 5) is 22.6. The third-order valence-corrected chi connectivity index (χ3v) is 7.11. The number of hydrogen-bond acceptors (Lipinski definition) is 5. The minimum absolute atomic E-state index is 0.109. The number of hydrogen-bond donors (Lipinski definition) is 1. The maximum absolute atomic E-state index is 12.7. The third kappa shape index (κ3) is 5.51. The van der Waals surface area contributed by atoms with E-state index in [0.29, 0.717) is 11.4 Å². The van der Waals surface area contributed by atoms with E-state index in [1.165, 1.54) is 11.8 Å². The van der Waals surface area contributed by atoms with Crippen LogP contribution in [0.4, 0.5) is 17.1 Å². The lowest BCUT2D eigenvalue weighted by atomic mass is 10.1. The molecule has 1 aliphatic heterocycles. The molecule has 0 radical (unpaired) electrons. The molecule has 174 valence electrons. The average Bonchev–Trinajstić information content (AvgIpc) is 3.00. The molecule has 5 nitrogen and oxygen atoms in total. The number of amides is 1. The van der Waals surface area contributed by atoms with E-state index in [1.54, 1.807) is 7.11 Å². The van der Waals surface area contributed by atoms with Crippen LogP contribution in [-0.2, 0) is 4.79 Å². The first-order chi connectivity index (χ1) is 16.3. The van der Waals surface area contributed by atoms with Gasteiger partial charge in [-0.25, -0.2) is 4.99 Å². The smallest absolute Gasteiger partial charge is 0.234 e. The van der Waals surface area contributed by atoms with E-state index in [4.69, 9.17) is 26.3 Å². The van der Waals surface area contributed by atoms with E-state index in [9.17, 15) is 4.79 Å².